The summed E-state index contributed by atoms with van der Waals surface area (Å²) in [6, 6.07) is 5.04. The number of benzene rings is 2. The van der Waals surface area contributed by atoms with E-state index in [2.05, 4.69) is 32.8 Å². The van der Waals surface area contributed by atoms with E-state index in [0.29, 0.717) is 12.8 Å². The Morgan fingerprint density at radius 2 is 2.02 bits per heavy atom. The Hall–Kier alpha value is -3.83. The highest BCUT2D eigenvalue weighted by Crippen LogP contribution is 2.30. The van der Waals surface area contributed by atoms with Gasteiger partial charge in [0, 0.05) is 36.0 Å². The minimum atomic E-state index is -4.51. The molecule has 41 heavy (non-hydrogen) atoms. The van der Waals surface area contributed by atoms with Crippen LogP contribution >= 0.6 is 0 Å². The lowest BCUT2D eigenvalue weighted by Gasteiger charge is -2.28. The molecule has 0 spiro atoms. The van der Waals surface area contributed by atoms with E-state index in [1.165, 1.54) is 19.2 Å². The van der Waals surface area contributed by atoms with Gasteiger partial charge in [0.2, 0.25) is 0 Å². The van der Waals surface area contributed by atoms with Crippen LogP contribution < -0.4 is 20.7 Å². The van der Waals surface area contributed by atoms with E-state index in [1.807, 2.05) is 6.92 Å². The number of nitrogens with one attached hydrogen (secondary N) is 3. The van der Waals surface area contributed by atoms with Crippen molar-refractivity contribution in [2.45, 2.75) is 49.5 Å². The van der Waals surface area contributed by atoms with Crippen molar-refractivity contribution in [2.24, 2.45) is 0 Å². The lowest BCUT2D eigenvalue weighted by molar-refractivity contribution is -0.139. The van der Waals surface area contributed by atoms with Gasteiger partial charge < -0.3 is 25.3 Å². The third kappa shape index (κ3) is 7.47. The fraction of sp³-hybridized carbons (Fsp3) is 0.407. The van der Waals surface area contributed by atoms with Crippen LogP contribution in [0, 0.1) is 17.7 Å². The molecule has 4 rings (SSSR count). The molecule has 0 aliphatic carbocycles. The highest BCUT2D eigenvalue weighted by atomic mass is 32.2. The largest absolute Gasteiger partial charge is 0.495 e. The number of nitrogens with zero attached hydrogens (tertiary/aromatic N) is 2. The van der Waals surface area contributed by atoms with Crippen molar-refractivity contribution < 1.29 is 35.5 Å². The van der Waals surface area contributed by atoms with Crippen LogP contribution in [0.1, 0.15) is 35.7 Å². The predicted molar refractivity (Wildman–Crippen MR) is 145 cm³/mol. The van der Waals surface area contributed by atoms with Crippen LogP contribution in [0.4, 0.5) is 23.2 Å². The van der Waals surface area contributed by atoms with Crippen molar-refractivity contribution in [1.82, 2.24) is 20.2 Å². The summed E-state index contributed by atoms with van der Waals surface area (Å²) < 4.78 is 83.6. The molecule has 14 heteroatoms. The van der Waals surface area contributed by atoms with Crippen LogP contribution in [0.15, 0.2) is 35.5 Å². The number of hydrogen-bond acceptors (Lipinski definition) is 7. The third-order valence-corrected chi connectivity index (χ3v) is 7.64. The summed E-state index contributed by atoms with van der Waals surface area (Å²) in [6.07, 6.45) is -1.17. The van der Waals surface area contributed by atoms with Crippen LogP contribution in [0.2, 0.25) is 0 Å². The summed E-state index contributed by atoms with van der Waals surface area (Å²) in [5, 5.41) is 9.10. The molecule has 1 amide bonds. The van der Waals surface area contributed by atoms with Gasteiger partial charge in [0.15, 0.2) is 9.84 Å². The van der Waals surface area contributed by atoms with Gasteiger partial charge in [-0.15, -0.1) is 0 Å². The summed E-state index contributed by atoms with van der Waals surface area (Å²) in [4.78, 5) is 16.8. The molecule has 1 fully saturated rings. The topological polar surface area (TPSA) is 114 Å². The maximum Gasteiger partial charge on any atom is 0.406 e. The number of alkyl halides is 3. The number of piperidine rings is 1. The summed E-state index contributed by atoms with van der Waals surface area (Å²) in [5.74, 6) is 4.27. The SMILES string of the molecule is COc1cc(S(C)(=O)=O)c(F)cc1NCC#Cc1cc(C(=O)NC2CCNC(C)C2)c2ncn(CC(F)(F)F)c2c1. The molecule has 220 valence electrons. The second-order valence-corrected chi connectivity index (χ2v) is 11.8. The molecule has 9 nitrogen and oxygen atoms in total. The zero-order valence-electron chi connectivity index (χ0n) is 22.5. The number of amides is 1. The van der Waals surface area contributed by atoms with Crippen molar-refractivity contribution in [1.29, 1.82) is 0 Å². The number of methoxy groups -OCH3 is 1. The Labute approximate surface area is 234 Å². The van der Waals surface area contributed by atoms with E-state index in [9.17, 15) is 30.8 Å². The normalized spacial score (nSPS) is 17.5. The fourth-order valence-corrected chi connectivity index (χ4v) is 5.40. The van der Waals surface area contributed by atoms with Gasteiger partial charge in [0.1, 0.15) is 28.5 Å². The smallest absolute Gasteiger partial charge is 0.406 e. The average Bonchev–Trinajstić information content (AvgIpc) is 3.26. The van der Waals surface area contributed by atoms with Crippen molar-refractivity contribution in [3.05, 3.63) is 47.5 Å². The number of imidazole rings is 1. The van der Waals surface area contributed by atoms with Crippen molar-refractivity contribution in [3.63, 3.8) is 0 Å². The van der Waals surface area contributed by atoms with Gasteiger partial charge in [-0.3, -0.25) is 4.79 Å². The highest BCUT2D eigenvalue weighted by molar-refractivity contribution is 7.90. The number of carbonyl (C=O) groups is 1. The quantitative estimate of drug-likeness (QED) is 0.283. The Morgan fingerprint density at radius 1 is 1.27 bits per heavy atom. The zero-order chi connectivity index (χ0) is 29.9. The second kappa shape index (κ2) is 12.0. The molecule has 2 unspecified atom stereocenters. The maximum absolute atomic E-state index is 14.4. The number of carbonyl (C=O) groups excluding carboxylic acids is 1. The number of hydrogen-bond donors (Lipinski definition) is 3. The molecular weight excluding hydrogens is 566 g/mol. The number of fused-ring (bicyclic) bond motifs is 1. The molecule has 2 atom stereocenters. The van der Waals surface area contributed by atoms with E-state index in [1.54, 1.807) is 0 Å². The number of ether oxygens (including phenoxy) is 1. The highest BCUT2D eigenvalue weighted by Gasteiger charge is 2.30. The lowest BCUT2D eigenvalue weighted by atomic mass is 10.00. The number of rotatable bonds is 7. The monoisotopic (exact) mass is 595 g/mol. The first-order chi connectivity index (χ1) is 19.2. The van der Waals surface area contributed by atoms with Crippen molar-refractivity contribution in [3.8, 4) is 17.6 Å². The average molecular weight is 596 g/mol. The summed E-state index contributed by atoms with van der Waals surface area (Å²) >= 11 is 0. The fourth-order valence-electron chi connectivity index (χ4n) is 4.67. The first-order valence-corrected chi connectivity index (χ1v) is 14.5. The lowest BCUT2D eigenvalue weighted by Crippen LogP contribution is -2.46. The molecule has 1 aliphatic heterocycles. The molecule has 1 saturated heterocycles. The second-order valence-electron chi connectivity index (χ2n) is 9.84. The van der Waals surface area contributed by atoms with Crippen molar-refractivity contribution >= 4 is 32.5 Å². The first-order valence-electron chi connectivity index (χ1n) is 12.7. The molecule has 2 heterocycles. The molecule has 0 saturated carbocycles. The van der Waals surface area contributed by atoms with Crippen LogP contribution in [0.3, 0.4) is 0 Å². The molecule has 3 N–H and O–H groups in total. The zero-order valence-corrected chi connectivity index (χ0v) is 23.3. The number of sulfone groups is 1. The van der Waals surface area contributed by atoms with Gasteiger partial charge in [-0.05, 0) is 38.4 Å². The van der Waals surface area contributed by atoms with Gasteiger partial charge in [0.25, 0.3) is 5.91 Å². The summed E-state index contributed by atoms with van der Waals surface area (Å²) in [6.45, 7) is 1.39. The molecule has 1 aliphatic rings. The van der Waals surface area contributed by atoms with E-state index in [0.717, 1.165) is 35.8 Å². The van der Waals surface area contributed by atoms with Gasteiger partial charge in [-0.1, -0.05) is 11.8 Å². The van der Waals surface area contributed by atoms with Crippen LogP contribution in [-0.4, -0.2) is 68.6 Å². The number of halogens is 4. The summed E-state index contributed by atoms with van der Waals surface area (Å²) in [5.41, 5.74) is 0.765. The number of anilines is 1. The Morgan fingerprint density at radius 3 is 2.68 bits per heavy atom. The Bertz CT molecular complexity index is 1630. The van der Waals surface area contributed by atoms with Gasteiger partial charge in [-0.25, -0.2) is 17.8 Å². The predicted octanol–water partition coefficient (Wildman–Crippen LogP) is 3.48. The molecule has 1 aromatic heterocycles. The molecule has 3 aromatic rings. The standard InChI is InChI=1S/C27H29F4N5O4S/c1-16-9-18(6-8-32-16)35-26(37)19-10-17(11-22-25(19)34-15-36(22)14-27(29,30)31)5-4-7-33-21-12-20(28)24(41(3,38)39)13-23(21)40-2/h10-13,15-16,18,32-33H,6-9,14H2,1-3H3,(H,35,37). The maximum atomic E-state index is 14.4. The van der Waals surface area contributed by atoms with Gasteiger partial charge in [0.05, 0.1) is 36.7 Å². The van der Waals surface area contributed by atoms with E-state index >= 15 is 0 Å². The van der Waals surface area contributed by atoms with E-state index < -0.39 is 39.2 Å². The Kier molecular flexibility index (Phi) is 8.79. The van der Waals surface area contributed by atoms with Crippen LogP contribution in [-0.2, 0) is 16.4 Å². The minimum Gasteiger partial charge on any atom is -0.495 e. The molecule has 0 bridgehead atoms. The van der Waals surface area contributed by atoms with Crippen LogP contribution in [0.25, 0.3) is 11.0 Å². The molecule has 0 radical (unpaired) electrons. The summed E-state index contributed by atoms with van der Waals surface area (Å²) in [7, 11) is -2.52. The minimum absolute atomic E-state index is 0.0532. The first kappa shape index (κ1) is 30.1. The van der Waals surface area contributed by atoms with Crippen molar-refractivity contribution in [2.75, 3.05) is 31.8 Å². The van der Waals surface area contributed by atoms with E-state index in [4.69, 9.17) is 4.74 Å². The third-order valence-electron chi connectivity index (χ3n) is 6.53. The van der Waals surface area contributed by atoms with Crippen LogP contribution in [0.5, 0.6) is 5.75 Å². The number of aromatic nitrogens is 2. The van der Waals surface area contributed by atoms with E-state index in [-0.39, 0.29) is 52.2 Å². The Balaban J connectivity index is 1.62. The molecular formula is C27H29F4N5O4S. The van der Waals surface area contributed by atoms with Gasteiger partial charge >= 0.3 is 6.18 Å². The molecule has 2 aromatic carbocycles. The van der Waals surface area contributed by atoms with Gasteiger partial charge in [-0.2, -0.15) is 13.2 Å².